The summed E-state index contributed by atoms with van der Waals surface area (Å²) >= 11 is 0. The van der Waals surface area contributed by atoms with Crippen molar-refractivity contribution < 1.29 is 23.1 Å². The van der Waals surface area contributed by atoms with Crippen molar-refractivity contribution in [3.63, 3.8) is 0 Å². The number of ether oxygens (including phenoxy) is 1. The van der Waals surface area contributed by atoms with Gasteiger partial charge in [-0.1, -0.05) is 18.6 Å². The highest BCUT2D eigenvalue weighted by Gasteiger charge is 2.55. The third kappa shape index (κ3) is 6.74. The van der Waals surface area contributed by atoms with E-state index in [4.69, 9.17) is 4.74 Å². The van der Waals surface area contributed by atoms with E-state index in [0.29, 0.717) is 31.1 Å². The molecule has 0 aromatic heterocycles. The molecule has 4 aliphatic rings. The molecule has 4 fully saturated rings. The van der Waals surface area contributed by atoms with Crippen LogP contribution in [0.15, 0.2) is 42.5 Å². The summed E-state index contributed by atoms with van der Waals surface area (Å²) in [5.41, 5.74) is 2.71. The lowest BCUT2D eigenvalue weighted by atomic mass is 9.63. The summed E-state index contributed by atoms with van der Waals surface area (Å²) in [5.74, 6) is 0.0751. The Morgan fingerprint density at radius 2 is 1.81 bits per heavy atom. The fourth-order valence-corrected chi connectivity index (χ4v) is 9.05. The molecule has 258 valence electrons. The van der Waals surface area contributed by atoms with E-state index >= 15 is 0 Å². The van der Waals surface area contributed by atoms with E-state index in [-0.39, 0.29) is 29.6 Å². The van der Waals surface area contributed by atoms with Crippen LogP contribution < -0.4 is 10.2 Å². The molecule has 1 aliphatic carbocycles. The fraction of sp³-hybridized carbons (Fsp3) is 0.595. The average molecular weight is 663 g/mol. The first-order valence-corrected chi connectivity index (χ1v) is 17.3. The van der Waals surface area contributed by atoms with Gasteiger partial charge in [0.05, 0.1) is 24.3 Å². The number of hydrogen-bond acceptors (Lipinski definition) is 7. The van der Waals surface area contributed by atoms with Crippen molar-refractivity contribution in [2.45, 2.75) is 63.3 Å². The average Bonchev–Trinajstić information content (AvgIpc) is 3.50. The summed E-state index contributed by atoms with van der Waals surface area (Å²) in [5, 5.41) is 12.7. The number of methoxy groups -OCH3 is 1. The van der Waals surface area contributed by atoms with Gasteiger partial charge in [0.2, 0.25) is 5.91 Å². The van der Waals surface area contributed by atoms with Gasteiger partial charge in [-0.2, -0.15) is 5.26 Å². The first kappa shape index (κ1) is 34.1. The Morgan fingerprint density at radius 3 is 2.46 bits per heavy atom. The Labute approximate surface area is 282 Å². The molecule has 1 saturated carbocycles. The number of carbonyl (C=O) groups excluding carboxylic acids is 2. The van der Waals surface area contributed by atoms with Crippen molar-refractivity contribution in [1.82, 2.24) is 20.0 Å². The van der Waals surface area contributed by atoms with Crippen LogP contribution in [0.5, 0.6) is 0 Å². The molecule has 2 aromatic rings. The van der Waals surface area contributed by atoms with E-state index in [1.54, 1.807) is 19.1 Å². The van der Waals surface area contributed by atoms with E-state index in [1.165, 1.54) is 13.2 Å². The molecule has 0 unspecified atom stereocenters. The van der Waals surface area contributed by atoms with Gasteiger partial charge in [0.1, 0.15) is 12.0 Å². The molecule has 3 atom stereocenters. The monoisotopic (exact) mass is 662 g/mol. The molecular weight excluding hydrogens is 614 g/mol. The number of alkyl halides is 1. The number of nitriles is 1. The normalized spacial score (nSPS) is 23.9. The van der Waals surface area contributed by atoms with Gasteiger partial charge in [0.25, 0.3) is 0 Å². The van der Waals surface area contributed by atoms with Crippen LogP contribution in [0.2, 0.25) is 0 Å². The maximum Gasteiger partial charge on any atom is 0.407 e. The Kier molecular flexibility index (Phi) is 10.2. The minimum atomic E-state index is -0.788. The number of anilines is 1. The van der Waals surface area contributed by atoms with Gasteiger partial charge in [0, 0.05) is 76.8 Å². The highest BCUT2D eigenvalue weighted by atomic mass is 19.1. The Balaban J connectivity index is 1.14. The number of nitrogens with zero attached hydrogens (tertiary/aromatic N) is 5. The molecule has 11 heteroatoms. The van der Waals surface area contributed by atoms with Crippen LogP contribution in [0.25, 0.3) is 0 Å². The minimum Gasteiger partial charge on any atom is -0.453 e. The number of likely N-dealkylation sites (tertiary alicyclic amines) is 2. The van der Waals surface area contributed by atoms with Crippen LogP contribution in [0.4, 0.5) is 19.3 Å². The molecule has 1 N–H and O–H groups in total. The van der Waals surface area contributed by atoms with Crippen LogP contribution in [-0.4, -0.2) is 98.9 Å². The van der Waals surface area contributed by atoms with Crippen LogP contribution in [-0.2, 0) is 21.6 Å². The third-order valence-corrected chi connectivity index (χ3v) is 11.4. The maximum absolute atomic E-state index is 14.9. The zero-order chi connectivity index (χ0) is 34.0. The van der Waals surface area contributed by atoms with E-state index in [1.807, 2.05) is 35.0 Å². The molecule has 2 aromatic carbocycles. The molecule has 3 saturated heterocycles. The van der Waals surface area contributed by atoms with Crippen molar-refractivity contribution in [1.29, 1.82) is 5.26 Å². The quantitative estimate of drug-likeness (QED) is 0.387. The van der Waals surface area contributed by atoms with Gasteiger partial charge >= 0.3 is 6.09 Å². The predicted octanol–water partition coefficient (Wildman–Crippen LogP) is 4.90. The van der Waals surface area contributed by atoms with Gasteiger partial charge in [-0.15, -0.1) is 0 Å². The highest BCUT2D eigenvalue weighted by molar-refractivity contribution is 5.74. The van der Waals surface area contributed by atoms with Crippen LogP contribution >= 0.6 is 0 Å². The summed E-state index contributed by atoms with van der Waals surface area (Å²) in [6.07, 6.45) is 2.93. The first-order chi connectivity index (χ1) is 23.1. The molecule has 3 aliphatic heterocycles. The molecular formula is C37H48F2N6O3. The molecule has 2 amide bonds. The fourth-order valence-electron chi connectivity index (χ4n) is 9.05. The Morgan fingerprint density at radius 1 is 1.06 bits per heavy atom. The molecule has 9 nitrogen and oxygen atoms in total. The van der Waals surface area contributed by atoms with Gasteiger partial charge in [-0.3, -0.25) is 9.69 Å². The van der Waals surface area contributed by atoms with Crippen LogP contribution in [0, 0.1) is 34.9 Å². The third-order valence-electron chi connectivity index (χ3n) is 11.4. The van der Waals surface area contributed by atoms with Gasteiger partial charge in [-0.05, 0) is 86.1 Å². The topological polar surface area (TPSA) is 92.1 Å². The summed E-state index contributed by atoms with van der Waals surface area (Å²) in [4.78, 5) is 34.4. The molecule has 48 heavy (non-hydrogen) atoms. The second-order valence-electron chi connectivity index (χ2n) is 14.3. The summed E-state index contributed by atoms with van der Waals surface area (Å²) < 4.78 is 33.2. The Bertz CT molecular complexity index is 1510. The van der Waals surface area contributed by atoms with Crippen LogP contribution in [0.1, 0.15) is 55.7 Å². The number of carbonyl (C=O) groups is 2. The summed E-state index contributed by atoms with van der Waals surface area (Å²) in [6.45, 7) is 7.62. The van der Waals surface area contributed by atoms with E-state index in [0.717, 1.165) is 81.6 Å². The standard InChI is InChI=1S/C37H48F2N6O3/c1-25(46)42(2)37(30-6-4-7-31(38)17-30,34-8-5-9-35(34)41-36(47)48-3)29-12-14-43(15-13-29)19-26-20-45(21-26)33-11-10-27(18-40)28(16-33)22-44-23-32(39)24-44/h4,6-7,10-11,16-17,26,29,32,34-35H,5,8-9,12-15,19-24H2,1-3H3,(H,41,47)/t34-,35-,37+/m0/s1. The van der Waals surface area contributed by atoms with E-state index in [2.05, 4.69) is 27.3 Å². The number of hydrogen-bond donors (Lipinski definition) is 1. The van der Waals surface area contributed by atoms with Crippen molar-refractivity contribution >= 4 is 17.7 Å². The largest absolute Gasteiger partial charge is 0.453 e. The predicted molar refractivity (Wildman–Crippen MR) is 179 cm³/mol. The zero-order valence-corrected chi connectivity index (χ0v) is 28.3. The number of benzene rings is 2. The van der Waals surface area contributed by atoms with E-state index in [9.17, 15) is 23.6 Å². The van der Waals surface area contributed by atoms with Gasteiger partial charge in [0.15, 0.2) is 0 Å². The van der Waals surface area contributed by atoms with E-state index < -0.39 is 17.8 Å². The first-order valence-electron chi connectivity index (χ1n) is 17.3. The molecule has 0 spiro atoms. The number of halogens is 2. The second kappa shape index (κ2) is 14.4. The maximum atomic E-state index is 14.9. The molecule has 0 radical (unpaired) electrons. The SMILES string of the molecule is COC(=O)N[C@H]1CCC[C@@H]1[C@](c1cccc(F)c1)(C1CCN(CC2CN(c3ccc(C#N)c(CN4CC(F)C4)c3)C2)CC1)N(C)C(C)=O. The lowest BCUT2D eigenvalue weighted by Crippen LogP contribution is -2.62. The van der Waals surface area contributed by atoms with Crippen molar-refractivity contribution in [3.05, 3.63) is 65.0 Å². The van der Waals surface area contributed by atoms with Crippen molar-refractivity contribution in [2.75, 3.05) is 64.9 Å². The minimum absolute atomic E-state index is 0.0727. The smallest absolute Gasteiger partial charge is 0.407 e. The molecule has 0 bridgehead atoms. The highest BCUT2D eigenvalue weighted by Crippen LogP contribution is 2.52. The van der Waals surface area contributed by atoms with Crippen molar-refractivity contribution in [3.8, 4) is 6.07 Å². The number of amides is 2. The van der Waals surface area contributed by atoms with Crippen LogP contribution in [0.3, 0.4) is 0 Å². The van der Waals surface area contributed by atoms with Gasteiger partial charge < -0.3 is 24.8 Å². The zero-order valence-electron chi connectivity index (χ0n) is 28.3. The van der Waals surface area contributed by atoms with Crippen molar-refractivity contribution in [2.24, 2.45) is 17.8 Å². The lowest BCUT2D eigenvalue weighted by molar-refractivity contribution is -0.142. The molecule has 6 rings (SSSR count). The molecule has 3 heterocycles. The Hall–Kier alpha value is -3.75. The lowest BCUT2D eigenvalue weighted by Gasteiger charge is -2.55. The van der Waals surface area contributed by atoms with Gasteiger partial charge in [-0.25, -0.2) is 13.6 Å². The summed E-state index contributed by atoms with van der Waals surface area (Å²) in [7, 11) is 3.20. The summed E-state index contributed by atoms with van der Waals surface area (Å²) in [6, 6.07) is 14.8. The number of nitrogens with one attached hydrogen (secondary N) is 1. The second-order valence-corrected chi connectivity index (χ2v) is 14.3. The number of alkyl carbamates (subject to hydrolysis) is 1. The number of rotatable bonds is 10. The number of piperidine rings is 1.